The largest absolute Gasteiger partial charge is 0.325 e. The minimum Gasteiger partial charge on any atom is -0.325 e. The van der Waals surface area contributed by atoms with Crippen molar-refractivity contribution in [1.29, 1.82) is 0 Å². The summed E-state index contributed by atoms with van der Waals surface area (Å²) < 4.78 is 0.987. The van der Waals surface area contributed by atoms with Gasteiger partial charge >= 0.3 is 0 Å². The second kappa shape index (κ2) is 8.29. The van der Waals surface area contributed by atoms with Gasteiger partial charge in [0.15, 0.2) is 11.6 Å². The molecule has 0 radical (unpaired) electrons. The fourth-order valence-electron chi connectivity index (χ4n) is 2.19. The van der Waals surface area contributed by atoms with E-state index in [1.54, 1.807) is 24.3 Å². The monoisotopic (exact) mass is 430 g/mol. The van der Waals surface area contributed by atoms with E-state index in [4.69, 9.17) is 0 Å². The third-order valence-corrected chi connectivity index (χ3v) is 4.84. The zero-order chi connectivity index (χ0) is 18.5. The molecule has 132 valence electrons. The molecular weight excluding hydrogens is 416 g/mol. The maximum Gasteiger partial charge on any atom is 0.234 e. The van der Waals surface area contributed by atoms with Crippen molar-refractivity contribution >= 4 is 45.1 Å². The van der Waals surface area contributed by atoms with E-state index in [1.165, 1.54) is 18.7 Å². The van der Waals surface area contributed by atoms with E-state index in [-0.39, 0.29) is 17.4 Å². The van der Waals surface area contributed by atoms with Crippen molar-refractivity contribution < 1.29 is 9.59 Å². The summed E-state index contributed by atoms with van der Waals surface area (Å²) in [5.41, 5.74) is 2.07. The van der Waals surface area contributed by atoms with Gasteiger partial charge in [-0.3, -0.25) is 14.7 Å². The molecule has 0 aliphatic heterocycles. The summed E-state index contributed by atoms with van der Waals surface area (Å²) in [5, 5.41) is 10.3. The number of rotatable bonds is 6. The fourth-order valence-corrected chi connectivity index (χ4v) is 3.05. The predicted molar refractivity (Wildman–Crippen MR) is 105 cm³/mol. The standard InChI is InChI=1S/C18H15BrN4O2S/c1-11(24)13-3-2-4-15(9-13)20-16(25)10-26-18-21-17(22-23-18)12-5-7-14(19)8-6-12/h2-9H,10H2,1H3,(H,20,25)(H,21,22,23). The summed E-state index contributed by atoms with van der Waals surface area (Å²) in [7, 11) is 0. The molecular formula is C18H15BrN4O2S. The Kier molecular flexibility index (Phi) is 5.85. The van der Waals surface area contributed by atoms with Crippen LogP contribution in [0.2, 0.25) is 0 Å². The molecule has 3 aromatic rings. The maximum absolute atomic E-state index is 12.1. The summed E-state index contributed by atoms with van der Waals surface area (Å²) >= 11 is 4.63. The van der Waals surface area contributed by atoms with Crippen molar-refractivity contribution in [3.8, 4) is 11.4 Å². The van der Waals surface area contributed by atoms with Crippen LogP contribution in [0.5, 0.6) is 0 Å². The number of hydrogen-bond acceptors (Lipinski definition) is 5. The van der Waals surface area contributed by atoms with E-state index in [0.717, 1.165) is 10.0 Å². The van der Waals surface area contributed by atoms with Gasteiger partial charge < -0.3 is 5.32 Å². The first-order chi connectivity index (χ1) is 12.5. The Bertz CT molecular complexity index is 940. The van der Waals surface area contributed by atoms with Gasteiger partial charge in [0.05, 0.1) is 5.75 Å². The number of Topliss-reactive ketones (excluding diaryl/α,β-unsaturated/α-hetero) is 1. The third kappa shape index (κ3) is 4.80. The molecule has 0 fully saturated rings. The van der Waals surface area contributed by atoms with Crippen molar-refractivity contribution in [3.05, 3.63) is 58.6 Å². The molecule has 0 saturated heterocycles. The Hall–Kier alpha value is -2.45. The summed E-state index contributed by atoms with van der Waals surface area (Å²) in [5.74, 6) is 0.582. The van der Waals surface area contributed by atoms with Crippen molar-refractivity contribution in [3.63, 3.8) is 0 Å². The number of amides is 1. The van der Waals surface area contributed by atoms with E-state index in [2.05, 4.69) is 36.4 Å². The fraction of sp³-hybridized carbons (Fsp3) is 0.111. The highest BCUT2D eigenvalue weighted by molar-refractivity contribution is 9.10. The molecule has 6 nitrogen and oxygen atoms in total. The quantitative estimate of drug-likeness (QED) is 0.452. The van der Waals surface area contributed by atoms with Gasteiger partial charge in [-0.25, -0.2) is 4.98 Å². The number of thioether (sulfide) groups is 1. The molecule has 8 heteroatoms. The molecule has 1 heterocycles. The number of nitrogens with zero attached hydrogens (tertiary/aromatic N) is 2. The number of aromatic amines is 1. The van der Waals surface area contributed by atoms with Gasteiger partial charge in [-0.1, -0.05) is 52.0 Å². The molecule has 3 rings (SSSR count). The minimum absolute atomic E-state index is 0.0448. The highest BCUT2D eigenvalue weighted by Crippen LogP contribution is 2.21. The molecule has 0 spiro atoms. The molecule has 0 aliphatic rings. The van der Waals surface area contributed by atoms with Gasteiger partial charge in [0.2, 0.25) is 11.1 Å². The number of hydrogen-bond donors (Lipinski definition) is 2. The molecule has 26 heavy (non-hydrogen) atoms. The van der Waals surface area contributed by atoms with E-state index in [1.807, 2.05) is 24.3 Å². The van der Waals surface area contributed by atoms with Crippen LogP contribution in [0.15, 0.2) is 58.2 Å². The molecule has 2 N–H and O–H groups in total. The normalized spacial score (nSPS) is 10.5. The Balaban J connectivity index is 1.57. The smallest absolute Gasteiger partial charge is 0.234 e. The summed E-state index contributed by atoms with van der Waals surface area (Å²) in [6.45, 7) is 1.49. The average Bonchev–Trinajstić information content (AvgIpc) is 3.10. The maximum atomic E-state index is 12.1. The second-order valence-electron chi connectivity index (χ2n) is 5.45. The van der Waals surface area contributed by atoms with E-state index in [0.29, 0.717) is 22.2 Å². The highest BCUT2D eigenvalue weighted by Gasteiger charge is 2.10. The van der Waals surface area contributed by atoms with Gasteiger partial charge in [-0.05, 0) is 31.2 Å². The number of anilines is 1. The Morgan fingerprint density at radius 2 is 1.96 bits per heavy atom. The number of H-pyrrole nitrogens is 1. The Morgan fingerprint density at radius 3 is 2.69 bits per heavy atom. The second-order valence-corrected chi connectivity index (χ2v) is 7.31. The van der Waals surface area contributed by atoms with E-state index >= 15 is 0 Å². The predicted octanol–water partition coefficient (Wildman–Crippen LogP) is 4.17. The van der Waals surface area contributed by atoms with E-state index < -0.39 is 0 Å². The lowest BCUT2D eigenvalue weighted by Crippen LogP contribution is -2.14. The number of carbonyl (C=O) groups excluding carboxylic acids is 2. The zero-order valence-electron chi connectivity index (χ0n) is 13.8. The van der Waals surface area contributed by atoms with Gasteiger partial charge in [0.25, 0.3) is 0 Å². The van der Waals surface area contributed by atoms with Gasteiger partial charge in [0.1, 0.15) is 0 Å². The number of ketones is 1. The summed E-state index contributed by atoms with van der Waals surface area (Å²) in [6.07, 6.45) is 0. The topological polar surface area (TPSA) is 87.7 Å². The zero-order valence-corrected chi connectivity index (χ0v) is 16.2. The van der Waals surface area contributed by atoms with Gasteiger partial charge in [-0.2, -0.15) is 0 Å². The molecule has 0 bridgehead atoms. The molecule has 0 unspecified atom stereocenters. The van der Waals surface area contributed by atoms with Crippen molar-refractivity contribution in [2.75, 3.05) is 11.1 Å². The minimum atomic E-state index is -0.189. The lowest BCUT2D eigenvalue weighted by molar-refractivity contribution is -0.113. The van der Waals surface area contributed by atoms with Crippen molar-refractivity contribution in [2.24, 2.45) is 0 Å². The average molecular weight is 431 g/mol. The molecule has 1 amide bonds. The molecule has 0 aliphatic carbocycles. The Labute approximate surface area is 162 Å². The highest BCUT2D eigenvalue weighted by atomic mass is 79.9. The van der Waals surface area contributed by atoms with Gasteiger partial charge in [0, 0.05) is 21.3 Å². The van der Waals surface area contributed by atoms with Crippen LogP contribution in [0.3, 0.4) is 0 Å². The molecule has 0 atom stereocenters. The number of carbonyl (C=O) groups is 2. The molecule has 0 saturated carbocycles. The van der Waals surface area contributed by atoms with Crippen LogP contribution in [-0.4, -0.2) is 32.6 Å². The SMILES string of the molecule is CC(=O)c1cccc(NC(=O)CSc2n[nH]c(-c3ccc(Br)cc3)n2)c1. The Morgan fingerprint density at radius 1 is 1.19 bits per heavy atom. The van der Waals surface area contributed by atoms with Crippen LogP contribution >= 0.6 is 27.7 Å². The van der Waals surface area contributed by atoms with Crippen LogP contribution < -0.4 is 5.32 Å². The van der Waals surface area contributed by atoms with Crippen LogP contribution in [0.25, 0.3) is 11.4 Å². The van der Waals surface area contributed by atoms with Crippen LogP contribution in [-0.2, 0) is 4.79 Å². The number of nitrogens with one attached hydrogen (secondary N) is 2. The third-order valence-electron chi connectivity index (χ3n) is 3.47. The summed E-state index contributed by atoms with van der Waals surface area (Å²) in [6, 6.07) is 14.5. The first-order valence-corrected chi connectivity index (χ1v) is 9.51. The van der Waals surface area contributed by atoms with Crippen LogP contribution in [0.1, 0.15) is 17.3 Å². The van der Waals surface area contributed by atoms with E-state index in [9.17, 15) is 9.59 Å². The molecule has 1 aromatic heterocycles. The number of halogens is 1. The van der Waals surface area contributed by atoms with Crippen molar-refractivity contribution in [2.45, 2.75) is 12.1 Å². The first-order valence-electron chi connectivity index (χ1n) is 7.73. The summed E-state index contributed by atoms with van der Waals surface area (Å²) in [4.78, 5) is 27.9. The molecule has 2 aromatic carbocycles. The van der Waals surface area contributed by atoms with Crippen LogP contribution in [0, 0.1) is 0 Å². The first kappa shape index (κ1) is 18.3. The van der Waals surface area contributed by atoms with Gasteiger partial charge in [-0.15, -0.1) is 5.10 Å². The lowest BCUT2D eigenvalue weighted by atomic mass is 10.1. The van der Waals surface area contributed by atoms with Crippen molar-refractivity contribution in [1.82, 2.24) is 15.2 Å². The number of aromatic nitrogens is 3. The van der Waals surface area contributed by atoms with Crippen LogP contribution in [0.4, 0.5) is 5.69 Å². The number of benzene rings is 2. The lowest BCUT2D eigenvalue weighted by Gasteiger charge is -2.05.